The van der Waals surface area contributed by atoms with Gasteiger partial charge in [-0.25, -0.2) is 19.2 Å². The molecule has 0 heterocycles. The van der Waals surface area contributed by atoms with Crippen molar-refractivity contribution in [1.29, 1.82) is 0 Å². The van der Waals surface area contributed by atoms with E-state index in [-0.39, 0.29) is 47.4 Å². The first kappa shape index (κ1) is 29.2. The number of hydrogen-bond donors (Lipinski definition) is 0. The minimum Gasteiger partial charge on any atom is -0.457 e. The van der Waals surface area contributed by atoms with E-state index in [0.717, 1.165) is 0 Å². The van der Waals surface area contributed by atoms with Crippen LogP contribution in [0.3, 0.4) is 0 Å². The molecule has 0 aliphatic rings. The summed E-state index contributed by atoms with van der Waals surface area (Å²) in [6.07, 6.45) is 0. The van der Waals surface area contributed by atoms with Crippen LogP contribution in [0.25, 0.3) is 0 Å². The summed E-state index contributed by atoms with van der Waals surface area (Å²) in [4.78, 5) is 47.6. The average Bonchev–Trinajstić information content (AvgIpc) is 2.94. The van der Waals surface area contributed by atoms with Crippen LogP contribution in [0.5, 0.6) is 23.0 Å². The number of benzene rings is 3. The fraction of sp³-hybridized carbons (Fsp3) is 0.133. The van der Waals surface area contributed by atoms with E-state index in [4.69, 9.17) is 28.4 Å². The molecule has 0 saturated heterocycles. The van der Waals surface area contributed by atoms with Crippen LogP contribution in [0.2, 0.25) is 0 Å². The van der Waals surface area contributed by atoms with E-state index in [9.17, 15) is 19.2 Å². The van der Waals surface area contributed by atoms with Gasteiger partial charge in [-0.2, -0.15) is 0 Å². The largest absolute Gasteiger partial charge is 0.457 e. The van der Waals surface area contributed by atoms with Crippen molar-refractivity contribution in [2.75, 3.05) is 13.6 Å². The van der Waals surface area contributed by atoms with Crippen molar-refractivity contribution >= 4 is 23.9 Å². The Morgan fingerprint density at radius 2 is 0.825 bits per heavy atom. The van der Waals surface area contributed by atoms with E-state index < -0.39 is 23.9 Å². The second-order valence-electron chi connectivity index (χ2n) is 8.25. The van der Waals surface area contributed by atoms with Gasteiger partial charge in [0.25, 0.3) is 0 Å². The Labute approximate surface area is 230 Å². The van der Waals surface area contributed by atoms with Crippen molar-refractivity contribution in [1.82, 2.24) is 0 Å². The first-order chi connectivity index (χ1) is 19.1. The highest BCUT2D eigenvalue weighted by atomic mass is 16.7. The van der Waals surface area contributed by atoms with Gasteiger partial charge in [-0.1, -0.05) is 13.2 Å². The van der Waals surface area contributed by atoms with Crippen LogP contribution >= 0.6 is 0 Å². The molecule has 0 saturated carbocycles. The first-order valence-corrected chi connectivity index (χ1v) is 11.8. The molecule has 0 bridgehead atoms. The van der Waals surface area contributed by atoms with E-state index in [0.29, 0.717) is 11.5 Å². The lowest BCUT2D eigenvalue weighted by Crippen LogP contribution is -2.11. The number of rotatable bonds is 12. The Balaban J connectivity index is 1.47. The van der Waals surface area contributed by atoms with Crippen LogP contribution in [0, 0.1) is 0 Å². The maximum Gasteiger partial charge on any atom is 0.343 e. The zero-order chi connectivity index (χ0) is 29.1. The second kappa shape index (κ2) is 14.0. The predicted octanol–water partition coefficient (Wildman–Crippen LogP) is 5.04. The number of hydrogen-bond acceptors (Lipinski definition) is 10. The SMILES string of the molecule is C=C(C)C(=O)OCOc1ccc(OC(=O)c2ccc(OC(=O)c3ccc(OCOC(=O)C(=C)C)cc3)cc2)cc1. The zero-order valence-corrected chi connectivity index (χ0v) is 21.8. The molecule has 10 heteroatoms. The number of carbonyl (C=O) groups is 4. The lowest BCUT2D eigenvalue weighted by molar-refractivity contribution is -0.146. The smallest absolute Gasteiger partial charge is 0.343 e. The van der Waals surface area contributed by atoms with Gasteiger partial charge in [0.05, 0.1) is 11.1 Å². The van der Waals surface area contributed by atoms with Crippen molar-refractivity contribution in [2.45, 2.75) is 13.8 Å². The fourth-order valence-electron chi connectivity index (χ4n) is 2.83. The summed E-state index contributed by atoms with van der Waals surface area (Å²) in [5.74, 6) is -1.07. The summed E-state index contributed by atoms with van der Waals surface area (Å²) in [6, 6.07) is 18.0. The van der Waals surface area contributed by atoms with Gasteiger partial charge in [0.2, 0.25) is 13.6 Å². The van der Waals surface area contributed by atoms with Gasteiger partial charge >= 0.3 is 23.9 Å². The minimum absolute atomic E-state index is 0.224. The van der Waals surface area contributed by atoms with Crippen LogP contribution in [-0.2, 0) is 19.1 Å². The molecule has 40 heavy (non-hydrogen) atoms. The average molecular weight is 547 g/mol. The molecule has 0 fully saturated rings. The van der Waals surface area contributed by atoms with Gasteiger partial charge in [0, 0.05) is 11.1 Å². The van der Waals surface area contributed by atoms with E-state index in [1.807, 2.05) is 0 Å². The lowest BCUT2D eigenvalue weighted by atomic mass is 10.2. The molecule has 10 nitrogen and oxygen atoms in total. The van der Waals surface area contributed by atoms with E-state index in [2.05, 4.69) is 13.2 Å². The molecule has 0 radical (unpaired) electrons. The third kappa shape index (κ3) is 8.88. The van der Waals surface area contributed by atoms with Crippen LogP contribution in [0.15, 0.2) is 97.1 Å². The molecule has 0 spiro atoms. The summed E-state index contributed by atoms with van der Waals surface area (Å²) >= 11 is 0. The molecule has 0 N–H and O–H groups in total. The Morgan fingerprint density at radius 3 is 1.18 bits per heavy atom. The monoisotopic (exact) mass is 546 g/mol. The molecule has 3 aromatic rings. The Hall–Kier alpha value is -5.38. The van der Waals surface area contributed by atoms with Gasteiger partial charge < -0.3 is 28.4 Å². The van der Waals surface area contributed by atoms with Crippen molar-refractivity contribution < 1.29 is 47.6 Å². The Morgan fingerprint density at radius 1 is 0.525 bits per heavy atom. The van der Waals surface area contributed by atoms with Crippen LogP contribution in [0.4, 0.5) is 0 Å². The molecular weight excluding hydrogens is 520 g/mol. The summed E-state index contributed by atoms with van der Waals surface area (Å²) in [6.45, 7) is 9.42. The summed E-state index contributed by atoms with van der Waals surface area (Å²) < 4.78 is 31.0. The van der Waals surface area contributed by atoms with Gasteiger partial charge in [-0.15, -0.1) is 0 Å². The number of esters is 4. The molecule has 0 aromatic heterocycles. The molecule has 206 valence electrons. The summed E-state index contributed by atoms with van der Waals surface area (Å²) in [7, 11) is 0. The molecule has 0 atom stereocenters. The maximum absolute atomic E-state index is 12.5. The molecular formula is C30H26O10. The Bertz CT molecular complexity index is 1390. The standard InChI is InChI=1S/C30H26O10/c1-19(2)27(31)37-17-35-23-9-5-21(6-10-23)29(33)39-25-11-7-22(8-12-25)30(34)40-26-15-13-24(14-16-26)36-18-38-28(32)20(3)4/h5-16H,1,3,17-18H2,2,4H3. The van der Waals surface area contributed by atoms with E-state index in [1.54, 1.807) is 12.1 Å². The first-order valence-electron chi connectivity index (χ1n) is 11.8. The van der Waals surface area contributed by atoms with Gasteiger partial charge in [0.15, 0.2) is 0 Å². The van der Waals surface area contributed by atoms with Crippen molar-refractivity contribution in [3.05, 3.63) is 108 Å². The van der Waals surface area contributed by atoms with Gasteiger partial charge in [0.1, 0.15) is 23.0 Å². The van der Waals surface area contributed by atoms with Crippen molar-refractivity contribution in [2.24, 2.45) is 0 Å². The molecule has 0 amide bonds. The molecule has 0 unspecified atom stereocenters. The lowest BCUT2D eigenvalue weighted by Gasteiger charge is -2.09. The number of ether oxygens (including phenoxy) is 6. The van der Waals surface area contributed by atoms with E-state index >= 15 is 0 Å². The van der Waals surface area contributed by atoms with Crippen molar-refractivity contribution in [3.63, 3.8) is 0 Å². The summed E-state index contributed by atoms with van der Waals surface area (Å²) in [5, 5.41) is 0. The maximum atomic E-state index is 12.5. The van der Waals surface area contributed by atoms with Crippen LogP contribution < -0.4 is 18.9 Å². The van der Waals surface area contributed by atoms with Crippen LogP contribution in [0.1, 0.15) is 34.6 Å². The summed E-state index contributed by atoms with van der Waals surface area (Å²) in [5.41, 5.74) is 1.01. The second-order valence-corrected chi connectivity index (χ2v) is 8.25. The molecule has 0 aliphatic carbocycles. The van der Waals surface area contributed by atoms with Crippen LogP contribution in [-0.4, -0.2) is 37.5 Å². The molecule has 3 rings (SSSR count). The van der Waals surface area contributed by atoms with Gasteiger partial charge in [-0.05, 0) is 86.6 Å². The fourth-order valence-corrected chi connectivity index (χ4v) is 2.83. The van der Waals surface area contributed by atoms with E-state index in [1.165, 1.54) is 74.5 Å². The minimum atomic E-state index is -0.619. The van der Waals surface area contributed by atoms with Gasteiger partial charge in [-0.3, -0.25) is 0 Å². The molecule has 0 aliphatic heterocycles. The topological polar surface area (TPSA) is 124 Å². The highest BCUT2D eigenvalue weighted by molar-refractivity contribution is 5.93. The zero-order valence-electron chi connectivity index (χ0n) is 21.8. The highest BCUT2D eigenvalue weighted by Gasteiger charge is 2.13. The predicted molar refractivity (Wildman–Crippen MR) is 142 cm³/mol. The Kier molecular flexibility index (Phi) is 10.2. The third-order valence-corrected chi connectivity index (χ3v) is 4.95. The highest BCUT2D eigenvalue weighted by Crippen LogP contribution is 2.21. The third-order valence-electron chi connectivity index (χ3n) is 4.95. The normalized spacial score (nSPS) is 10.1. The quantitative estimate of drug-likeness (QED) is 0.132. The number of carbonyl (C=O) groups excluding carboxylic acids is 4. The van der Waals surface area contributed by atoms with Crippen molar-refractivity contribution in [3.8, 4) is 23.0 Å². The molecule has 3 aromatic carbocycles.